The molecule has 11 heteroatoms. The van der Waals surface area contributed by atoms with Crippen LogP contribution in [-0.4, -0.2) is 39.6 Å². The number of aryl methyl sites for hydroxylation is 2. The summed E-state index contributed by atoms with van der Waals surface area (Å²) in [5, 5.41) is 4.10. The van der Waals surface area contributed by atoms with E-state index in [1.165, 1.54) is 12.4 Å². The maximum atomic E-state index is 13.2. The lowest BCUT2D eigenvalue weighted by Crippen LogP contribution is -2.28. The van der Waals surface area contributed by atoms with Gasteiger partial charge in [0.05, 0.1) is 23.6 Å². The number of imidazole rings is 1. The predicted octanol–water partition coefficient (Wildman–Crippen LogP) is 1.34. The van der Waals surface area contributed by atoms with E-state index in [1.807, 2.05) is 56.6 Å². The first-order chi connectivity index (χ1) is 17.4. The van der Waals surface area contributed by atoms with Gasteiger partial charge in [0.15, 0.2) is 11.5 Å². The molecule has 0 aliphatic rings. The maximum absolute atomic E-state index is 13.2. The van der Waals surface area contributed by atoms with E-state index in [4.69, 9.17) is 11.5 Å². The molecule has 1 amide bonds. The molecule has 0 radical (unpaired) electrons. The minimum absolute atomic E-state index is 0.0162. The van der Waals surface area contributed by atoms with Crippen LogP contribution in [0, 0.1) is 11.8 Å². The van der Waals surface area contributed by atoms with Crippen LogP contribution in [0.25, 0.3) is 11.3 Å². The van der Waals surface area contributed by atoms with Gasteiger partial charge < -0.3 is 11.5 Å². The highest BCUT2D eigenvalue weighted by Crippen LogP contribution is 2.12. The van der Waals surface area contributed by atoms with E-state index in [9.17, 15) is 9.59 Å². The number of para-hydroxylation sites is 1. The van der Waals surface area contributed by atoms with Crippen LogP contribution in [0.2, 0.25) is 0 Å². The molecule has 5 aromatic rings. The van der Waals surface area contributed by atoms with E-state index in [-0.39, 0.29) is 17.2 Å². The Balaban J connectivity index is 0.000000256. The average molecular weight is 482 g/mol. The van der Waals surface area contributed by atoms with Gasteiger partial charge in [-0.05, 0) is 24.5 Å². The van der Waals surface area contributed by atoms with Crippen molar-refractivity contribution in [2.75, 3.05) is 5.73 Å². The van der Waals surface area contributed by atoms with Crippen LogP contribution in [0.5, 0.6) is 0 Å². The number of anilines is 1. The summed E-state index contributed by atoms with van der Waals surface area (Å²) >= 11 is 0. The Morgan fingerprint density at radius 1 is 1.06 bits per heavy atom. The predicted molar refractivity (Wildman–Crippen MR) is 134 cm³/mol. The van der Waals surface area contributed by atoms with Crippen molar-refractivity contribution in [2.24, 2.45) is 12.8 Å². The van der Waals surface area contributed by atoms with Crippen molar-refractivity contribution in [2.45, 2.75) is 13.3 Å². The summed E-state index contributed by atoms with van der Waals surface area (Å²) in [6.07, 6.45) is 8.62. The van der Waals surface area contributed by atoms with Crippen molar-refractivity contribution < 1.29 is 4.79 Å². The number of rotatable bonds is 3. The Labute approximate surface area is 206 Å². The van der Waals surface area contributed by atoms with Crippen molar-refractivity contribution in [3.63, 3.8) is 0 Å². The second-order valence-corrected chi connectivity index (χ2v) is 7.59. The highest BCUT2D eigenvalue weighted by atomic mass is 16.1. The SMILES string of the molecule is CCc1cc2ncc(C#Cc3cnn(C)c3)n2c(=O)n1-c1ccccc1.NC(=O)c1nccnc1N. The summed E-state index contributed by atoms with van der Waals surface area (Å²) in [7, 11) is 1.84. The van der Waals surface area contributed by atoms with Crippen molar-refractivity contribution in [3.05, 3.63) is 101 Å². The third-order valence-corrected chi connectivity index (χ3v) is 5.13. The normalized spacial score (nSPS) is 10.3. The average Bonchev–Trinajstić information content (AvgIpc) is 3.49. The first-order valence-electron chi connectivity index (χ1n) is 10.9. The van der Waals surface area contributed by atoms with Crippen LogP contribution < -0.4 is 17.2 Å². The summed E-state index contributed by atoms with van der Waals surface area (Å²) in [6.45, 7) is 2.02. The number of carbonyl (C=O) groups excluding carboxylic acids is 1. The first kappa shape index (κ1) is 23.9. The molecule has 0 saturated heterocycles. The number of nitrogens with two attached hydrogens (primary N) is 2. The molecule has 36 heavy (non-hydrogen) atoms. The summed E-state index contributed by atoms with van der Waals surface area (Å²) in [6, 6.07) is 11.5. The third kappa shape index (κ3) is 4.97. The zero-order chi connectivity index (χ0) is 25.7. The molecule has 0 saturated carbocycles. The maximum Gasteiger partial charge on any atom is 0.339 e. The van der Waals surface area contributed by atoms with Gasteiger partial charge >= 0.3 is 5.69 Å². The second kappa shape index (κ2) is 10.4. The fourth-order valence-electron chi connectivity index (χ4n) is 3.47. The van der Waals surface area contributed by atoms with Crippen molar-refractivity contribution >= 4 is 17.4 Å². The Hall–Kier alpha value is -5.24. The number of carbonyl (C=O) groups is 1. The fourth-order valence-corrected chi connectivity index (χ4v) is 3.47. The van der Waals surface area contributed by atoms with Gasteiger partial charge in [-0.3, -0.25) is 14.0 Å². The minimum atomic E-state index is -0.661. The molecule has 11 nitrogen and oxygen atoms in total. The highest BCUT2D eigenvalue weighted by molar-refractivity contribution is 5.94. The zero-order valence-corrected chi connectivity index (χ0v) is 19.7. The van der Waals surface area contributed by atoms with Gasteiger partial charge in [-0.25, -0.2) is 24.1 Å². The van der Waals surface area contributed by atoms with Crippen LogP contribution in [0.3, 0.4) is 0 Å². The smallest absolute Gasteiger partial charge is 0.339 e. The Morgan fingerprint density at radius 2 is 1.81 bits per heavy atom. The highest BCUT2D eigenvalue weighted by Gasteiger charge is 2.13. The number of primary amides is 1. The summed E-state index contributed by atoms with van der Waals surface area (Å²) in [5.74, 6) is 5.47. The van der Waals surface area contributed by atoms with Gasteiger partial charge in [0.1, 0.15) is 11.3 Å². The van der Waals surface area contributed by atoms with Crippen LogP contribution in [0.4, 0.5) is 5.82 Å². The van der Waals surface area contributed by atoms with Gasteiger partial charge in [0.2, 0.25) is 0 Å². The lowest BCUT2D eigenvalue weighted by Gasteiger charge is -2.12. The number of hydrogen-bond donors (Lipinski definition) is 2. The molecule has 1 aromatic carbocycles. The molecule has 0 aliphatic carbocycles. The summed E-state index contributed by atoms with van der Waals surface area (Å²) in [4.78, 5) is 35.3. The molecule has 0 unspecified atom stereocenters. The van der Waals surface area contributed by atoms with E-state index < -0.39 is 5.91 Å². The van der Waals surface area contributed by atoms with Crippen molar-refractivity contribution in [3.8, 4) is 17.5 Å². The van der Waals surface area contributed by atoms with Crippen LogP contribution in [-0.2, 0) is 13.5 Å². The Bertz CT molecular complexity index is 1650. The third-order valence-electron chi connectivity index (χ3n) is 5.13. The molecular formula is C25H23N9O2. The number of nitrogens with zero attached hydrogens (tertiary/aromatic N) is 7. The monoisotopic (exact) mass is 481 g/mol. The van der Waals surface area contributed by atoms with Crippen LogP contribution in [0.15, 0.2) is 72.2 Å². The van der Waals surface area contributed by atoms with E-state index in [2.05, 4.69) is 31.9 Å². The molecular weight excluding hydrogens is 458 g/mol. The quantitative estimate of drug-likeness (QED) is 0.369. The molecule has 4 N–H and O–H groups in total. The molecule has 0 aliphatic heterocycles. The van der Waals surface area contributed by atoms with Gasteiger partial charge in [0, 0.05) is 37.4 Å². The largest absolute Gasteiger partial charge is 0.382 e. The lowest BCUT2D eigenvalue weighted by molar-refractivity contribution is 0.0996. The fraction of sp³-hybridized carbons (Fsp3) is 0.120. The van der Waals surface area contributed by atoms with Gasteiger partial charge in [0.25, 0.3) is 5.91 Å². The second-order valence-electron chi connectivity index (χ2n) is 7.59. The number of hydrogen-bond acceptors (Lipinski definition) is 7. The van der Waals surface area contributed by atoms with E-state index in [0.717, 1.165) is 23.4 Å². The molecule has 0 spiro atoms. The van der Waals surface area contributed by atoms with Crippen molar-refractivity contribution in [1.82, 2.24) is 33.7 Å². The summed E-state index contributed by atoms with van der Waals surface area (Å²) < 4.78 is 4.95. The topological polar surface area (TPSA) is 152 Å². The van der Waals surface area contributed by atoms with Crippen LogP contribution >= 0.6 is 0 Å². The number of fused-ring (bicyclic) bond motifs is 1. The molecule has 0 fully saturated rings. The first-order valence-corrected chi connectivity index (χ1v) is 10.9. The molecule has 0 atom stereocenters. The van der Waals surface area contributed by atoms with E-state index in [0.29, 0.717) is 11.3 Å². The zero-order valence-electron chi connectivity index (χ0n) is 19.7. The van der Waals surface area contributed by atoms with Gasteiger partial charge in [-0.15, -0.1) is 0 Å². The lowest BCUT2D eigenvalue weighted by atomic mass is 10.2. The Morgan fingerprint density at radius 3 is 2.42 bits per heavy atom. The molecule has 4 heterocycles. The Kier molecular flexibility index (Phi) is 6.87. The van der Waals surface area contributed by atoms with Gasteiger partial charge in [-0.1, -0.05) is 31.0 Å². The van der Waals surface area contributed by atoms with Gasteiger partial charge in [-0.2, -0.15) is 5.10 Å². The van der Waals surface area contributed by atoms with E-state index >= 15 is 0 Å². The number of amides is 1. The number of aromatic nitrogens is 7. The van der Waals surface area contributed by atoms with Crippen molar-refractivity contribution in [1.29, 1.82) is 0 Å². The summed E-state index contributed by atoms with van der Waals surface area (Å²) in [5.41, 5.74) is 13.7. The van der Waals surface area contributed by atoms with Crippen LogP contribution in [0.1, 0.15) is 34.4 Å². The number of nitrogen functional groups attached to an aromatic ring is 1. The van der Waals surface area contributed by atoms with E-state index in [1.54, 1.807) is 26.0 Å². The molecule has 0 bridgehead atoms. The standard InChI is InChI=1S/C20H17N5O.C5H6N4O/c1-3-16-11-19-21-13-18(10-9-15-12-22-23(2)14-15)25(19)20(26)24(16)17-7-5-4-6-8-17;6-4-3(5(7)10)8-1-2-9-4/h4-8,11-14H,3H2,1-2H3;1-2H,(H2,6,9)(H2,7,10). The number of benzene rings is 1. The molecule has 4 aromatic heterocycles. The minimum Gasteiger partial charge on any atom is -0.382 e. The molecule has 180 valence electrons. The molecule has 5 rings (SSSR count).